The Balaban J connectivity index is 2.28. The van der Waals surface area contributed by atoms with Crippen LogP contribution >= 0.6 is 50.7 Å². The number of rotatable bonds is 3. The van der Waals surface area contributed by atoms with Gasteiger partial charge in [0.25, 0.3) is 0 Å². The summed E-state index contributed by atoms with van der Waals surface area (Å²) < 4.78 is 14.3. The molecule has 0 N–H and O–H groups in total. The van der Waals surface area contributed by atoms with Crippen LogP contribution in [0.2, 0.25) is 15.1 Å². The van der Waals surface area contributed by atoms with E-state index in [1.807, 2.05) is 0 Å². The fourth-order valence-electron chi connectivity index (χ4n) is 1.67. The Labute approximate surface area is 138 Å². The standard InChI is InChI=1S/C14H7BrCl3FO/c15-9-3-2-8(14(19)13(9)18)12(20)6-7-1-4-10(16)11(17)5-7/h1-5H,6H2. The Morgan fingerprint density at radius 1 is 1.10 bits per heavy atom. The van der Waals surface area contributed by atoms with Crippen molar-refractivity contribution < 1.29 is 9.18 Å². The van der Waals surface area contributed by atoms with Crippen molar-refractivity contribution in [2.45, 2.75) is 6.42 Å². The van der Waals surface area contributed by atoms with E-state index in [2.05, 4.69) is 15.9 Å². The van der Waals surface area contributed by atoms with Crippen molar-refractivity contribution in [2.24, 2.45) is 0 Å². The van der Waals surface area contributed by atoms with Crippen LogP contribution in [-0.2, 0) is 6.42 Å². The summed E-state index contributed by atoms with van der Waals surface area (Å²) in [6.45, 7) is 0. The van der Waals surface area contributed by atoms with Crippen molar-refractivity contribution >= 4 is 56.5 Å². The highest BCUT2D eigenvalue weighted by Crippen LogP contribution is 2.29. The lowest BCUT2D eigenvalue weighted by Crippen LogP contribution is -2.06. The summed E-state index contributed by atoms with van der Waals surface area (Å²) in [5.41, 5.74) is 0.604. The number of benzene rings is 2. The summed E-state index contributed by atoms with van der Waals surface area (Å²) >= 11 is 20.5. The molecule has 0 saturated carbocycles. The van der Waals surface area contributed by atoms with Crippen LogP contribution in [0.15, 0.2) is 34.8 Å². The normalized spacial score (nSPS) is 10.7. The first-order valence-electron chi connectivity index (χ1n) is 5.50. The molecule has 1 nitrogen and oxygen atoms in total. The maximum Gasteiger partial charge on any atom is 0.170 e. The van der Waals surface area contributed by atoms with Gasteiger partial charge in [0.1, 0.15) is 0 Å². The molecule has 0 amide bonds. The number of ketones is 1. The minimum absolute atomic E-state index is 0.0196. The van der Waals surface area contributed by atoms with Crippen LogP contribution < -0.4 is 0 Å². The second-order valence-corrected chi connectivity index (χ2v) is 6.12. The summed E-state index contributed by atoms with van der Waals surface area (Å²) in [4.78, 5) is 12.1. The molecule has 6 heteroatoms. The van der Waals surface area contributed by atoms with Gasteiger partial charge in [-0.25, -0.2) is 4.39 Å². The monoisotopic (exact) mass is 394 g/mol. The first-order valence-corrected chi connectivity index (χ1v) is 7.43. The third-order valence-electron chi connectivity index (χ3n) is 2.68. The molecule has 0 saturated heterocycles. The van der Waals surface area contributed by atoms with Crippen LogP contribution in [0.5, 0.6) is 0 Å². The lowest BCUT2D eigenvalue weighted by molar-refractivity contribution is 0.0989. The van der Waals surface area contributed by atoms with Crippen LogP contribution in [0.4, 0.5) is 4.39 Å². The van der Waals surface area contributed by atoms with Gasteiger partial charge in [0.2, 0.25) is 0 Å². The Kier molecular flexibility index (Phi) is 5.08. The summed E-state index contributed by atoms with van der Waals surface area (Å²) in [7, 11) is 0. The molecule has 104 valence electrons. The summed E-state index contributed by atoms with van der Waals surface area (Å²) in [6.07, 6.45) is 0.0196. The van der Waals surface area contributed by atoms with Gasteiger partial charge in [-0.1, -0.05) is 40.9 Å². The van der Waals surface area contributed by atoms with E-state index >= 15 is 0 Å². The molecule has 0 aliphatic rings. The predicted molar refractivity (Wildman–Crippen MR) is 83.6 cm³/mol. The van der Waals surface area contributed by atoms with Gasteiger partial charge in [0, 0.05) is 10.9 Å². The third kappa shape index (κ3) is 3.34. The van der Waals surface area contributed by atoms with Gasteiger partial charge >= 0.3 is 0 Å². The highest BCUT2D eigenvalue weighted by atomic mass is 79.9. The van der Waals surface area contributed by atoms with Crippen LogP contribution in [-0.4, -0.2) is 5.78 Å². The van der Waals surface area contributed by atoms with Crippen LogP contribution in [0.25, 0.3) is 0 Å². The molecule has 0 aliphatic carbocycles. The van der Waals surface area contributed by atoms with Gasteiger partial charge in [0.05, 0.1) is 20.6 Å². The molecule has 0 bridgehead atoms. The van der Waals surface area contributed by atoms with Gasteiger partial charge in [-0.05, 0) is 45.8 Å². The highest BCUT2D eigenvalue weighted by molar-refractivity contribution is 9.10. The third-order valence-corrected chi connectivity index (χ3v) is 4.68. The highest BCUT2D eigenvalue weighted by Gasteiger charge is 2.17. The second-order valence-electron chi connectivity index (χ2n) is 4.07. The lowest BCUT2D eigenvalue weighted by Gasteiger charge is -2.06. The Bertz CT molecular complexity index is 688. The molecular formula is C14H7BrCl3FO. The molecule has 0 radical (unpaired) electrons. The molecule has 0 spiro atoms. The zero-order chi connectivity index (χ0) is 14.9. The van der Waals surface area contributed by atoms with Gasteiger partial charge < -0.3 is 0 Å². The fraction of sp³-hybridized carbons (Fsp3) is 0.0714. The number of carbonyl (C=O) groups excluding carboxylic acids is 1. The minimum atomic E-state index is -0.730. The summed E-state index contributed by atoms with van der Waals surface area (Å²) in [5.74, 6) is -1.11. The first-order chi connectivity index (χ1) is 9.40. The van der Waals surface area contributed by atoms with Crippen LogP contribution in [0.3, 0.4) is 0 Å². The first kappa shape index (κ1) is 15.8. The van der Waals surface area contributed by atoms with Crippen molar-refractivity contribution in [1.29, 1.82) is 0 Å². The van der Waals surface area contributed by atoms with Gasteiger partial charge in [-0.3, -0.25) is 4.79 Å². The molecule has 0 aliphatic heterocycles. The largest absolute Gasteiger partial charge is 0.294 e. The van der Waals surface area contributed by atoms with Crippen molar-refractivity contribution in [3.63, 3.8) is 0 Å². The Morgan fingerprint density at radius 2 is 1.80 bits per heavy atom. The molecular weight excluding hydrogens is 389 g/mol. The van der Waals surface area contributed by atoms with Crippen molar-refractivity contribution in [3.8, 4) is 0 Å². The smallest absolute Gasteiger partial charge is 0.170 e. The second kappa shape index (κ2) is 6.44. The molecule has 2 aromatic rings. The molecule has 0 aromatic heterocycles. The fourth-order valence-corrected chi connectivity index (χ4v) is 2.46. The van der Waals surface area contributed by atoms with Gasteiger partial charge in [0.15, 0.2) is 11.6 Å². The molecule has 0 atom stereocenters. The number of hydrogen-bond donors (Lipinski definition) is 0. The maximum atomic E-state index is 13.9. The van der Waals surface area contributed by atoms with E-state index in [-0.39, 0.29) is 22.8 Å². The van der Waals surface area contributed by atoms with Gasteiger partial charge in [-0.2, -0.15) is 0 Å². The minimum Gasteiger partial charge on any atom is -0.294 e. The molecule has 2 rings (SSSR count). The van der Waals surface area contributed by atoms with E-state index < -0.39 is 5.82 Å². The SMILES string of the molecule is O=C(Cc1ccc(Cl)c(Cl)c1)c1ccc(Br)c(Cl)c1F. The summed E-state index contributed by atoms with van der Waals surface area (Å²) in [6, 6.07) is 7.78. The molecule has 0 heterocycles. The predicted octanol–water partition coefficient (Wildman–Crippen LogP) is 5.97. The van der Waals surface area contributed by atoms with Crippen LogP contribution in [0, 0.1) is 5.82 Å². The summed E-state index contributed by atoms with van der Waals surface area (Å²) in [5, 5.41) is 0.650. The zero-order valence-electron chi connectivity index (χ0n) is 9.89. The Morgan fingerprint density at radius 3 is 2.45 bits per heavy atom. The lowest BCUT2D eigenvalue weighted by atomic mass is 10.0. The average Bonchev–Trinajstić information content (AvgIpc) is 2.40. The quantitative estimate of drug-likeness (QED) is 0.461. The van der Waals surface area contributed by atoms with E-state index in [4.69, 9.17) is 34.8 Å². The molecule has 20 heavy (non-hydrogen) atoms. The van der Waals surface area contributed by atoms with E-state index in [0.29, 0.717) is 20.1 Å². The topological polar surface area (TPSA) is 17.1 Å². The number of Topliss-reactive ketones (excluding diaryl/α,β-unsaturated/α-hetero) is 1. The van der Waals surface area contributed by atoms with E-state index in [1.165, 1.54) is 12.1 Å². The van der Waals surface area contributed by atoms with E-state index in [1.54, 1.807) is 18.2 Å². The number of hydrogen-bond acceptors (Lipinski definition) is 1. The molecule has 2 aromatic carbocycles. The molecule has 0 fully saturated rings. The van der Waals surface area contributed by atoms with Crippen LogP contribution in [0.1, 0.15) is 15.9 Å². The maximum absolute atomic E-state index is 13.9. The number of carbonyl (C=O) groups is 1. The Hall–Kier alpha value is -0.610. The van der Waals surface area contributed by atoms with Crippen molar-refractivity contribution in [3.05, 3.63) is 66.8 Å². The van der Waals surface area contributed by atoms with Gasteiger partial charge in [-0.15, -0.1) is 0 Å². The van der Waals surface area contributed by atoms with E-state index in [0.717, 1.165) is 0 Å². The molecule has 0 unspecified atom stereocenters. The average molecular weight is 396 g/mol. The number of halogens is 5. The van der Waals surface area contributed by atoms with E-state index in [9.17, 15) is 9.18 Å². The zero-order valence-corrected chi connectivity index (χ0v) is 13.7. The van der Waals surface area contributed by atoms with Crippen molar-refractivity contribution in [1.82, 2.24) is 0 Å². The van der Waals surface area contributed by atoms with Crippen molar-refractivity contribution in [2.75, 3.05) is 0 Å².